The van der Waals surface area contributed by atoms with Crippen LogP contribution in [0, 0.1) is 0 Å². The van der Waals surface area contributed by atoms with Gasteiger partial charge in [-0.25, -0.2) is 0 Å². The van der Waals surface area contributed by atoms with Crippen molar-refractivity contribution in [1.29, 1.82) is 0 Å². The van der Waals surface area contributed by atoms with Gasteiger partial charge >= 0.3 is 0 Å². The molecule has 2 N–H and O–H groups in total. The molecule has 0 bridgehead atoms. The van der Waals surface area contributed by atoms with Crippen LogP contribution in [0.25, 0.3) is 0 Å². The molecule has 2 unspecified atom stereocenters. The first-order chi connectivity index (χ1) is 11.4. The van der Waals surface area contributed by atoms with Gasteiger partial charge in [-0.15, -0.1) is 0 Å². The van der Waals surface area contributed by atoms with Crippen LogP contribution >= 0.6 is 0 Å². The van der Waals surface area contributed by atoms with Crippen molar-refractivity contribution in [1.82, 2.24) is 0 Å². The fraction of sp³-hybridized carbons (Fsp3) is 0.700. The number of benzene rings is 1. The third-order valence-electron chi connectivity index (χ3n) is 4.97. The molecule has 0 aliphatic rings. The van der Waals surface area contributed by atoms with Crippen molar-refractivity contribution in [3.63, 3.8) is 0 Å². The minimum Gasteiger partial charge on any atom is -0.396 e. The topological polar surface area (TPSA) is 58.9 Å². The predicted octanol–water partition coefficient (Wildman–Crippen LogP) is 3.82. The lowest BCUT2D eigenvalue weighted by molar-refractivity contribution is -0.0607. The van der Waals surface area contributed by atoms with Gasteiger partial charge in [0.1, 0.15) is 0 Å². The summed E-state index contributed by atoms with van der Waals surface area (Å²) in [4.78, 5) is 0. The summed E-state index contributed by atoms with van der Waals surface area (Å²) in [5.74, 6) is 0. The Hall–Kier alpha value is -0.940. The van der Waals surface area contributed by atoms with Gasteiger partial charge < -0.3 is 19.7 Å². The Bertz CT molecular complexity index is 416. The van der Waals surface area contributed by atoms with Gasteiger partial charge in [0.2, 0.25) is 0 Å². The molecule has 0 saturated carbocycles. The zero-order valence-corrected chi connectivity index (χ0v) is 15.7. The van der Waals surface area contributed by atoms with E-state index >= 15 is 0 Å². The molecule has 0 aliphatic carbocycles. The molecule has 0 fully saturated rings. The van der Waals surface area contributed by atoms with Crippen molar-refractivity contribution >= 4 is 0 Å². The summed E-state index contributed by atoms with van der Waals surface area (Å²) in [6.07, 6.45) is 3.05. The standard InChI is InChI=1S/C20H34O4/c1-5-19(3,11-13-21)23-15-17-7-9-18(10-8-17)16-24-20(4,6-2)12-14-22/h7-10,21-22H,5-6,11-16H2,1-4H3. The summed E-state index contributed by atoms with van der Waals surface area (Å²) in [5, 5.41) is 18.3. The lowest BCUT2D eigenvalue weighted by atomic mass is 9.99. The van der Waals surface area contributed by atoms with Crippen LogP contribution in [0.5, 0.6) is 0 Å². The van der Waals surface area contributed by atoms with Crippen molar-refractivity contribution < 1.29 is 19.7 Å². The number of ether oxygens (including phenoxy) is 2. The van der Waals surface area contributed by atoms with Crippen LogP contribution in [0.3, 0.4) is 0 Å². The number of hydrogen-bond acceptors (Lipinski definition) is 4. The largest absolute Gasteiger partial charge is 0.396 e. The molecule has 138 valence electrons. The zero-order valence-electron chi connectivity index (χ0n) is 15.7. The van der Waals surface area contributed by atoms with Gasteiger partial charge in [-0.2, -0.15) is 0 Å². The lowest BCUT2D eigenvalue weighted by Gasteiger charge is -2.28. The number of hydrogen-bond donors (Lipinski definition) is 2. The molecule has 24 heavy (non-hydrogen) atoms. The fourth-order valence-corrected chi connectivity index (χ4v) is 2.42. The Kier molecular flexibility index (Phi) is 8.92. The van der Waals surface area contributed by atoms with Gasteiger partial charge in [0.15, 0.2) is 0 Å². The Morgan fingerprint density at radius 1 is 0.750 bits per heavy atom. The molecule has 4 heteroatoms. The molecule has 0 saturated heterocycles. The van der Waals surface area contributed by atoms with Gasteiger partial charge in [0.25, 0.3) is 0 Å². The zero-order chi connectivity index (χ0) is 18.1. The first kappa shape index (κ1) is 21.1. The molecular formula is C20H34O4. The van der Waals surface area contributed by atoms with Crippen molar-refractivity contribution in [3.05, 3.63) is 35.4 Å². The molecule has 2 atom stereocenters. The van der Waals surface area contributed by atoms with Crippen LogP contribution in [-0.2, 0) is 22.7 Å². The number of rotatable bonds is 12. The summed E-state index contributed by atoms with van der Waals surface area (Å²) >= 11 is 0. The minimum atomic E-state index is -0.274. The first-order valence-electron chi connectivity index (χ1n) is 8.97. The highest BCUT2D eigenvalue weighted by Crippen LogP contribution is 2.23. The molecule has 0 aliphatic heterocycles. The quantitative estimate of drug-likeness (QED) is 0.608. The van der Waals surface area contributed by atoms with E-state index in [0.29, 0.717) is 26.1 Å². The molecule has 0 spiro atoms. The normalized spacial score (nSPS) is 16.6. The van der Waals surface area contributed by atoms with Crippen LogP contribution in [0.1, 0.15) is 64.5 Å². The van der Waals surface area contributed by atoms with E-state index in [1.165, 1.54) is 0 Å². The van der Waals surface area contributed by atoms with Gasteiger partial charge in [-0.1, -0.05) is 38.1 Å². The Morgan fingerprint density at radius 3 is 1.33 bits per heavy atom. The van der Waals surface area contributed by atoms with Crippen molar-refractivity contribution in [2.24, 2.45) is 0 Å². The first-order valence-corrected chi connectivity index (χ1v) is 8.97. The van der Waals surface area contributed by atoms with Gasteiger partial charge in [-0.05, 0) is 50.7 Å². The van der Waals surface area contributed by atoms with Crippen LogP contribution in [0.15, 0.2) is 24.3 Å². The van der Waals surface area contributed by atoms with Crippen LogP contribution in [-0.4, -0.2) is 34.6 Å². The minimum absolute atomic E-state index is 0.144. The molecule has 1 aromatic carbocycles. The maximum Gasteiger partial charge on any atom is 0.0724 e. The third kappa shape index (κ3) is 6.89. The van der Waals surface area contributed by atoms with E-state index in [2.05, 4.69) is 38.1 Å². The highest BCUT2D eigenvalue weighted by molar-refractivity contribution is 5.21. The predicted molar refractivity (Wildman–Crippen MR) is 96.8 cm³/mol. The molecule has 0 heterocycles. The molecule has 1 aromatic rings. The van der Waals surface area contributed by atoms with Crippen molar-refractivity contribution in [3.8, 4) is 0 Å². The second-order valence-corrected chi connectivity index (χ2v) is 6.95. The highest BCUT2D eigenvalue weighted by Gasteiger charge is 2.23. The van der Waals surface area contributed by atoms with Crippen LogP contribution in [0.2, 0.25) is 0 Å². The average Bonchev–Trinajstić information content (AvgIpc) is 2.60. The van der Waals surface area contributed by atoms with E-state index in [4.69, 9.17) is 19.7 Å². The third-order valence-corrected chi connectivity index (χ3v) is 4.97. The van der Waals surface area contributed by atoms with E-state index in [9.17, 15) is 0 Å². The lowest BCUT2D eigenvalue weighted by Crippen LogP contribution is -2.29. The molecular weight excluding hydrogens is 304 g/mol. The van der Waals surface area contributed by atoms with E-state index in [1.807, 2.05) is 13.8 Å². The van der Waals surface area contributed by atoms with E-state index in [1.54, 1.807) is 0 Å². The Morgan fingerprint density at radius 2 is 1.08 bits per heavy atom. The maximum atomic E-state index is 9.14. The Balaban J connectivity index is 2.54. The number of aliphatic hydroxyl groups is 2. The SMILES string of the molecule is CCC(C)(CCO)OCc1ccc(COC(C)(CC)CCO)cc1. The van der Waals surface area contributed by atoms with E-state index < -0.39 is 0 Å². The summed E-state index contributed by atoms with van der Waals surface area (Å²) in [5.41, 5.74) is 1.68. The molecule has 0 amide bonds. The molecule has 0 radical (unpaired) electrons. The Labute approximate surface area is 146 Å². The summed E-state index contributed by atoms with van der Waals surface area (Å²) < 4.78 is 12.0. The average molecular weight is 338 g/mol. The van der Waals surface area contributed by atoms with Crippen LogP contribution < -0.4 is 0 Å². The summed E-state index contributed by atoms with van der Waals surface area (Å²) in [7, 11) is 0. The number of aliphatic hydroxyl groups excluding tert-OH is 2. The second kappa shape index (κ2) is 10.1. The molecule has 0 aromatic heterocycles. The van der Waals surface area contributed by atoms with Crippen molar-refractivity contribution in [2.45, 2.75) is 77.8 Å². The summed E-state index contributed by atoms with van der Waals surface area (Å²) in [6, 6.07) is 8.23. The second-order valence-electron chi connectivity index (χ2n) is 6.95. The van der Waals surface area contributed by atoms with E-state index in [-0.39, 0.29) is 24.4 Å². The fourth-order valence-electron chi connectivity index (χ4n) is 2.42. The molecule has 4 nitrogen and oxygen atoms in total. The maximum absolute atomic E-state index is 9.14. The summed E-state index contributed by atoms with van der Waals surface area (Å²) in [6.45, 7) is 9.61. The van der Waals surface area contributed by atoms with Crippen LogP contribution in [0.4, 0.5) is 0 Å². The molecule has 1 rings (SSSR count). The smallest absolute Gasteiger partial charge is 0.0724 e. The van der Waals surface area contributed by atoms with Gasteiger partial charge in [-0.3, -0.25) is 0 Å². The monoisotopic (exact) mass is 338 g/mol. The van der Waals surface area contributed by atoms with Gasteiger partial charge in [0.05, 0.1) is 24.4 Å². The highest BCUT2D eigenvalue weighted by atomic mass is 16.5. The van der Waals surface area contributed by atoms with Gasteiger partial charge in [0, 0.05) is 13.2 Å². The van der Waals surface area contributed by atoms with E-state index in [0.717, 1.165) is 24.0 Å². The van der Waals surface area contributed by atoms with Crippen molar-refractivity contribution in [2.75, 3.05) is 13.2 Å².